The van der Waals surface area contributed by atoms with E-state index in [0.29, 0.717) is 6.04 Å². The number of ether oxygens (including phenoxy) is 1. The van der Waals surface area contributed by atoms with E-state index in [-0.39, 0.29) is 0 Å². The van der Waals surface area contributed by atoms with Crippen molar-refractivity contribution in [2.24, 2.45) is 0 Å². The molecule has 1 aromatic carbocycles. The first-order chi connectivity index (χ1) is 9.63. The minimum absolute atomic E-state index is 0.602. The Balaban J connectivity index is 2.25. The first-order valence-electron chi connectivity index (χ1n) is 7.78. The van der Waals surface area contributed by atoms with Gasteiger partial charge in [-0.15, -0.1) is 0 Å². The molecule has 0 spiro atoms. The van der Waals surface area contributed by atoms with Crippen molar-refractivity contribution in [3.63, 3.8) is 0 Å². The van der Waals surface area contributed by atoms with E-state index in [1.165, 1.54) is 31.2 Å². The van der Waals surface area contributed by atoms with Crippen LogP contribution >= 0.6 is 15.9 Å². The van der Waals surface area contributed by atoms with Crippen molar-refractivity contribution in [3.8, 4) is 5.75 Å². The molecule has 2 nitrogen and oxygen atoms in total. The fourth-order valence-corrected chi connectivity index (χ4v) is 2.63. The maximum absolute atomic E-state index is 5.68. The molecule has 0 amide bonds. The molecule has 0 aromatic heterocycles. The second-order valence-electron chi connectivity index (χ2n) is 5.46. The lowest BCUT2D eigenvalue weighted by Crippen LogP contribution is -2.23. The van der Waals surface area contributed by atoms with Crippen LogP contribution in [0.25, 0.3) is 0 Å². The highest BCUT2D eigenvalue weighted by molar-refractivity contribution is 9.10. The molecule has 20 heavy (non-hydrogen) atoms. The van der Waals surface area contributed by atoms with Gasteiger partial charge in [0.25, 0.3) is 0 Å². The Morgan fingerprint density at radius 2 is 1.90 bits per heavy atom. The normalized spacial score (nSPS) is 11.1. The van der Waals surface area contributed by atoms with Crippen LogP contribution in [0.4, 0.5) is 0 Å². The number of hydrogen-bond acceptors (Lipinski definition) is 2. The van der Waals surface area contributed by atoms with Crippen LogP contribution < -0.4 is 10.1 Å². The number of rotatable bonds is 10. The molecule has 3 heteroatoms. The van der Waals surface area contributed by atoms with Crippen molar-refractivity contribution in [2.75, 3.05) is 13.2 Å². The molecule has 0 unspecified atom stereocenters. The molecule has 1 rings (SSSR count). The summed E-state index contributed by atoms with van der Waals surface area (Å²) in [5, 5.41) is 3.46. The van der Waals surface area contributed by atoms with E-state index in [1.54, 1.807) is 0 Å². The summed E-state index contributed by atoms with van der Waals surface area (Å²) < 4.78 is 6.82. The summed E-state index contributed by atoms with van der Waals surface area (Å²) >= 11 is 3.54. The minimum atomic E-state index is 0.602. The Hall–Kier alpha value is -0.540. The molecular formula is C17H28BrNO. The molecule has 1 N–H and O–H groups in total. The molecular weight excluding hydrogens is 314 g/mol. The lowest BCUT2D eigenvalue weighted by molar-refractivity contribution is 0.336. The third-order valence-corrected chi connectivity index (χ3v) is 3.74. The predicted molar refractivity (Wildman–Crippen MR) is 90.6 cm³/mol. The van der Waals surface area contributed by atoms with Gasteiger partial charge in [-0.3, -0.25) is 0 Å². The summed E-state index contributed by atoms with van der Waals surface area (Å²) in [4.78, 5) is 0. The highest BCUT2D eigenvalue weighted by Gasteiger charge is 2.04. The van der Waals surface area contributed by atoms with Crippen molar-refractivity contribution in [1.82, 2.24) is 5.32 Å². The molecule has 0 aliphatic rings. The molecule has 0 fully saturated rings. The summed E-state index contributed by atoms with van der Waals surface area (Å²) in [6, 6.07) is 6.90. The zero-order chi connectivity index (χ0) is 14.8. The van der Waals surface area contributed by atoms with Gasteiger partial charge in [0.2, 0.25) is 0 Å². The first kappa shape index (κ1) is 17.5. The van der Waals surface area contributed by atoms with Gasteiger partial charge >= 0.3 is 0 Å². The van der Waals surface area contributed by atoms with Crippen molar-refractivity contribution in [1.29, 1.82) is 0 Å². The number of halogens is 1. The monoisotopic (exact) mass is 341 g/mol. The Bertz CT molecular complexity index is 379. The highest BCUT2D eigenvalue weighted by atomic mass is 79.9. The first-order valence-corrected chi connectivity index (χ1v) is 8.57. The predicted octanol–water partition coefficient (Wildman–Crippen LogP) is 4.95. The van der Waals surface area contributed by atoms with Crippen LogP contribution in [0.2, 0.25) is 0 Å². The number of unbranched alkanes of at least 4 members (excludes halogenated alkanes) is 3. The second kappa shape index (κ2) is 10.2. The molecule has 0 aliphatic heterocycles. The standard InChI is InChI=1S/C17H28BrNO/c1-4-20-17-11-10-16(18)13-15(17)9-7-5-6-8-12-19-14(2)3/h10-11,13-14,19H,4-9,12H2,1-3H3. The Labute approximate surface area is 132 Å². The number of nitrogens with one attached hydrogen (secondary N) is 1. The van der Waals surface area contributed by atoms with Gasteiger partial charge < -0.3 is 10.1 Å². The van der Waals surface area contributed by atoms with Gasteiger partial charge in [0.05, 0.1) is 6.61 Å². The van der Waals surface area contributed by atoms with E-state index in [9.17, 15) is 0 Å². The third kappa shape index (κ3) is 7.30. The van der Waals surface area contributed by atoms with Crippen LogP contribution in [0.15, 0.2) is 22.7 Å². The maximum atomic E-state index is 5.68. The molecule has 0 bridgehead atoms. The summed E-state index contributed by atoms with van der Waals surface area (Å²) in [5.41, 5.74) is 1.32. The number of hydrogen-bond donors (Lipinski definition) is 1. The number of aryl methyl sites for hydroxylation is 1. The molecule has 0 heterocycles. The van der Waals surface area contributed by atoms with Crippen molar-refractivity contribution in [3.05, 3.63) is 28.2 Å². The summed E-state index contributed by atoms with van der Waals surface area (Å²) in [6.45, 7) is 8.30. The Morgan fingerprint density at radius 3 is 2.60 bits per heavy atom. The Kier molecular flexibility index (Phi) is 8.95. The zero-order valence-electron chi connectivity index (χ0n) is 13.0. The average molecular weight is 342 g/mol. The van der Waals surface area contributed by atoms with Crippen LogP contribution in [0, 0.1) is 0 Å². The van der Waals surface area contributed by atoms with E-state index in [0.717, 1.165) is 29.8 Å². The topological polar surface area (TPSA) is 21.3 Å². The molecule has 0 saturated heterocycles. The lowest BCUT2D eigenvalue weighted by Gasteiger charge is -2.11. The van der Waals surface area contributed by atoms with Crippen LogP contribution in [0.1, 0.15) is 52.0 Å². The van der Waals surface area contributed by atoms with Gasteiger partial charge in [0.1, 0.15) is 5.75 Å². The summed E-state index contributed by atoms with van der Waals surface area (Å²) in [6.07, 6.45) is 6.20. The molecule has 1 aromatic rings. The van der Waals surface area contributed by atoms with Crippen LogP contribution in [-0.2, 0) is 6.42 Å². The zero-order valence-corrected chi connectivity index (χ0v) is 14.6. The van der Waals surface area contributed by atoms with Crippen molar-refractivity contribution in [2.45, 2.75) is 58.9 Å². The number of benzene rings is 1. The SMILES string of the molecule is CCOc1ccc(Br)cc1CCCCCCNC(C)C. The van der Waals surface area contributed by atoms with Crippen LogP contribution in [-0.4, -0.2) is 19.2 Å². The van der Waals surface area contributed by atoms with Gasteiger partial charge in [-0.2, -0.15) is 0 Å². The van der Waals surface area contributed by atoms with E-state index >= 15 is 0 Å². The van der Waals surface area contributed by atoms with E-state index in [1.807, 2.05) is 13.0 Å². The van der Waals surface area contributed by atoms with Crippen LogP contribution in [0.5, 0.6) is 5.75 Å². The molecule has 0 radical (unpaired) electrons. The Morgan fingerprint density at radius 1 is 1.15 bits per heavy atom. The molecule has 114 valence electrons. The maximum Gasteiger partial charge on any atom is 0.122 e. The van der Waals surface area contributed by atoms with E-state index in [4.69, 9.17) is 4.74 Å². The van der Waals surface area contributed by atoms with Crippen molar-refractivity contribution >= 4 is 15.9 Å². The summed E-state index contributed by atoms with van der Waals surface area (Å²) in [5.74, 6) is 1.04. The van der Waals surface area contributed by atoms with E-state index < -0.39 is 0 Å². The minimum Gasteiger partial charge on any atom is -0.494 e. The summed E-state index contributed by atoms with van der Waals surface area (Å²) in [7, 11) is 0. The van der Waals surface area contributed by atoms with Gasteiger partial charge in [-0.1, -0.05) is 42.6 Å². The quantitative estimate of drug-likeness (QED) is 0.608. The smallest absolute Gasteiger partial charge is 0.122 e. The van der Waals surface area contributed by atoms with Gasteiger partial charge in [-0.05, 0) is 56.5 Å². The highest BCUT2D eigenvalue weighted by Crippen LogP contribution is 2.25. The molecule has 0 atom stereocenters. The van der Waals surface area contributed by atoms with Gasteiger partial charge in [0.15, 0.2) is 0 Å². The molecule has 0 saturated carbocycles. The third-order valence-electron chi connectivity index (χ3n) is 3.25. The lowest BCUT2D eigenvalue weighted by atomic mass is 10.1. The fourth-order valence-electron chi connectivity index (χ4n) is 2.22. The fraction of sp³-hybridized carbons (Fsp3) is 0.647. The van der Waals surface area contributed by atoms with Crippen molar-refractivity contribution < 1.29 is 4.74 Å². The second-order valence-corrected chi connectivity index (χ2v) is 6.37. The van der Waals surface area contributed by atoms with Gasteiger partial charge in [0, 0.05) is 10.5 Å². The van der Waals surface area contributed by atoms with E-state index in [2.05, 4.69) is 47.2 Å². The van der Waals surface area contributed by atoms with Crippen LogP contribution in [0.3, 0.4) is 0 Å². The molecule has 0 aliphatic carbocycles. The van der Waals surface area contributed by atoms with Gasteiger partial charge in [-0.25, -0.2) is 0 Å². The average Bonchev–Trinajstić information content (AvgIpc) is 2.40. The largest absolute Gasteiger partial charge is 0.494 e.